The molecule has 0 bridgehead atoms. The highest BCUT2D eigenvalue weighted by Crippen LogP contribution is 2.27. The van der Waals surface area contributed by atoms with Crippen molar-refractivity contribution in [2.75, 3.05) is 13.2 Å². The summed E-state index contributed by atoms with van der Waals surface area (Å²) < 4.78 is 5.30. The van der Waals surface area contributed by atoms with Crippen molar-refractivity contribution >= 4 is 29.1 Å². The minimum Gasteiger partial charge on any atom is -0.482 e. The normalized spacial score (nSPS) is 11.2. The van der Waals surface area contributed by atoms with Gasteiger partial charge in [-0.2, -0.15) is 0 Å². The van der Waals surface area contributed by atoms with Crippen LogP contribution in [0.2, 0.25) is 10.0 Å². The van der Waals surface area contributed by atoms with Crippen LogP contribution in [0.3, 0.4) is 0 Å². The molecule has 1 amide bonds. The van der Waals surface area contributed by atoms with Crippen LogP contribution in [0.1, 0.15) is 13.8 Å². The molecule has 4 nitrogen and oxygen atoms in total. The van der Waals surface area contributed by atoms with Gasteiger partial charge in [-0.15, -0.1) is 0 Å². The highest BCUT2D eigenvalue weighted by Gasteiger charge is 2.18. The number of ether oxygens (including phenoxy) is 1. The van der Waals surface area contributed by atoms with Gasteiger partial charge >= 0.3 is 0 Å². The molecule has 0 fully saturated rings. The van der Waals surface area contributed by atoms with E-state index in [-0.39, 0.29) is 12.5 Å². The van der Waals surface area contributed by atoms with Gasteiger partial charge < -0.3 is 15.8 Å². The maximum absolute atomic E-state index is 11.6. The van der Waals surface area contributed by atoms with Crippen molar-refractivity contribution in [1.82, 2.24) is 5.32 Å². The first-order valence-electron chi connectivity index (χ1n) is 5.43. The summed E-state index contributed by atoms with van der Waals surface area (Å²) in [6, 6.07) is 4.82. The predicted octanol–water partition coefficient (Wildman–Crippen LogP) is 2.23. The molecule has 0 aliphatic heterocycles. The number of nitrogens with one attached hydrogen (secondary N) is 1. The number of amides is 1. The second-order valence-corrected chi connectivity index (χ2v) is 5.34. The van der Waals surface area contributed by atoms with E-state index in [4.69, 9.17) is 33.7 Å². The Hall–Kier alpha value is -0.970. The molecule has 0 spiro atoms. The molecule has 0 aromatic heterocycles. The number of nitrogens with two attached hydrogens (primary N) is 1. The first-order chi connectivity index (χ1) is 8.34. The molecule has 0 aliphatic rings. The van der Waals surface area contributed by atoms with E-state index in [1.54, 1.807) is 18.2 Å². The third-order valence-corrected chi connectivity index (χ3v) is 2.79. The highest BCUT2D eigenvalue weighted by atomic mass is 35.5. The monoisotopic (exact) mass is 290 g/mol. The van der Waals surface area contributed by atoms with Gasteiger partial charge in [-0.05, 0) is 26.0 Å². The van der Waals surface area contributed by atoms with Gasteiger partial charge in [0, 0.05) is 23.2 Å². The summed E-state index contributed by atoms with van der Waals surface area (Å²) in [5.41, 5.74) is 5.05. The second-order valence-electron chi connectivity index (χ2n) is 4.50. The van der Waals surface area contributed by atoms with Gasteiger partial charge in [-0.1, -0.05) is 23.2 Å². The number of halogens is 2. The summed E-state index contributed by atoms with van der Waals surface area (Å²) in [5.74, 6) is 0.117. The van der Waals surface area contributed by atoms with Crippen LogP contribution in [0, 0.1) is 0 Å². The fourth-order valence-electron chi connectivity index (χ4n) is 1.20. The van der Waals surface area contributed by atoms with E-state index in [1.165, 1.54) is 0 Å². The summed E-state index contributed by atoms with van der Waals surface area (Å²) in [6.07, 6.45) is 0. The zero-order chi connectivity index (χ0) is 13.8. The number of rotatable bonds is 5. The standard InChI is InChI=1S/C12H16Cl2N2O2/c1-12(2,7-15)16-11(17)6-18-10-5-8(13)3-4-9(10)14/h3-5H,6-7,15H2,1-2H3,(H,16,17). The van der Waals surface area contributed by atoms with E-state index >= 15 is 0 Å². The molecule has 6 heteroatoms. The zero-order valence-electron chi connectivity index (χ0n) is 10.3. The molecule has 0 saturated heterocycles. The number of hydrogen-bond acceptors (Lipinski definition) is 3. The first kappa shape index (κ1) is 15.1. The van der Waals surface area contributed by atoms with Gasteiger partial charge in [-0.3, -0.25) is 4.79 Å². The lowest BCUT2D eigenvalue weighted by Crippen LogP contribution is -2.50. The van der Waals surface area contributed by atoms with Gasteiger partial charge in [0.25, 0.3) is 5.91 Å². The van der Waals surface area contributed by atoms with Crippen LogP contribution in [0.25, 0.3) is 0 Å². The Morgan fingerprint density at radius 2 is 2.11 bits per heavy atom. The second kappa shape index (κ2) is 6.27. The third kappa shape index (κ3) is 4.72. The summed E-state index contributed by atoms with van der Waals surface area (Å²) in [5, 5.41) is 3.65. The smallest absolute Gasteiger partial charge is 0.258 e. The Morgan fingerprint density at radius 3 is 2.72 bits per heavy atom. The molecule has 0 saturated carbocycles. The van der Waals surface area contributed by atoms with Crippen LogP contribution in [-0.2, 0) is 4.79 Å². The van der Waals surface area contributed by atoms with Crippen molar-refractivity contribution in [3.8, 4) is 5.75 Å². The van der Waals surface area contributed by atoms with Crippen molar-refractivity contribution in [2.45, 2.75) is 19.4 Å². The van der Waals surface area contributed by atoms with E-state index in [2.05, 4.69) is 5.32 Å². The lowest BCUT2D eigenvalue weighted by molar-refractivity contribution is -0.124. The zero-order valence-corrected chi connectivity index (χ0v) is 11.8. The summed E-state index contributed by atoms with van der Waals surface area (Å²) in [4.78, 5) is 11.6. The molecule has 0 aliphatic carbocycles. The van der Waals surface area contributed by atoms with Crippen molar-refractivity contribution in [3.63, 3.8) is 0 Å². The molecule has 0 heterocycles. The van der Waals surface area contributed by atoms with Crippen LogP contribution in [0.5, 0.6) is 5.75 Å². The van der Waals surface area contributed by atoms with E-state index in [0.717, 1.165) is 0 Å². The van der Waals surface area contributed by atoms with Crippen molar-refractivity contribution in [3.05, 3.63) is 28.2 Å². The van der Waals surface area contributed by atoms with Gasteiger partial charge in [-0.25, -0.2) is 0 Å². The molecule has 0 unspecified atom stereocenters. The SMILES string of the molecule is CC(C)(CN)NC(=O)COc1cc(Cl)ccc1Cl. The van der Waals surface area contributed by atoms with Gasteiger partial charge in [0.05, 0.1) is 5.02 Å². The maximum atomic E-state index is 11.6. The van der Waals surface area contributed by atoms with E-state index in [1.807, 2.05) is 13.8 Å². The van der Waals surface area contributed by atoms with Crippen LogP contribution in [0.15, 0.2) is 18.2 Å². The summed E-state index contributed by atoms with van der Waals surface area (Å²) in [6.45, 7) is 3.87. The van der Waals surface area contributed by atoms with Crippen molar-refractivity contribution in [2.24, 2.45) is 5.73 Å². The quantitative estimate of drug-likeness (QED) is 0.874. The van der Waals surface area contributed by atoms with E-state index < -0.39 is 5.54 Å². The number of hydrogen-bond donors (Lipinski definition) is 2. The van der Waals surface area contributed by atoms with E-state index in [0.29, 0.717) is 22.3 Å². The molecule has 3 N–H and O–H groups in total. The fraction of sp³-hybridized carbons (Fsp3) is 0.417. The average Bonchev–Trinajstić information content (AvgIpc) is 2.30. The maximum Gasteiger partial charge on any atom is 0.258 e. The number of carbonyl (C=O) groups is 1. The lowest BCUT2D eigenvalue weighted by Gasteiger charge is -2.24. The predicted molar refractivity (Wildman–Crippen MR) is 73.2 cm³/mol. The molecule has 100 valence electrons. The van der Waals surface area contributed by atoms with Crippen molar-refractivity contribution < 1.29 is 9.53 Å². The number of carbonyl (C=O) groups excluding carboxylic acids is 1. The molecule has 0 radical (unpaired) electrons. The molecular weight excluding hydrogens is 275 g/mol. The van der Waals surface area contributed by atoms with Gasteiger partial charge in [0.15, 0.2) is 6.61 Å². The van der Waals surface area contributed by atoms with Crippen LogP contribution in [0.4, 0.5) is 0 Å². The molecule has 1 aromatic rings. The minimum atomic E-state index is -0.460. The molecule has 0 atom stereocenters. The van der Waals surface area contributed by atoms with Crippen LogP contribution in [-0.4, -0.2) is 24.6 Å². The first-order valence-corrected chi connectivity index (χ1v) is 6.18. The Balaban J connectivity index is 2.55. The van der Waals surface area contributed by atoms with Gasteiger partial charge in [0.2, 0.25) is 0 Å². The summed E-state index contributed by atoms with van der Waals surface area (Å²) >= 11 is 11.7. The molecule has 18 heavy (non-hydrogen) atoms. The fourth-order valence-corrected chi connectivity index (χ4v) is 1.53. The van der Waals surface area contributed by atoms with Crippen LogP contribution >= 0.6 is 23.2 Å². The molecular formula is C12H16Cl2N2O2. The average molecular weight is 291 g/mol. The largest absolute Gasteiger partial charge is 0.482 e. The van der Waals surface area contributed by atoms with E-state index in [9.17, 15) is 4.79 Å². The summed E-state index contributed by atoms with van der Waals surface area (Å²) in [7, 11) is 0. The number of benzene rings is 1. The Bertz CT molecular complexity index is 436. The topological polar surface area (TPSA) is 64.3 Å². The Kier molecular flexibility index (Phi) is 5.26. The Labute approximate surface area is 116 Å². The van der Waals surface area contributed by atoms with Gasteiger partial charge in [0.1, 0.15) is 5.75 Å². The third-order valence-electron chi connectivity index (χ3n) is 2.24. The van der Waals surface area contributed by atoms with Crippen LogP contribution < -0.4 is 15.8 Å². The van der Waals surface area contributed by atoms with Crippen molar-refractivity contribution in [1.29, 1.82) is 0 Å². The minimum absolute atomic E-state index is 0.135. The lowest BCUT2D eigenvalue weighted by atomic mass is 10.1. The molecule has 1 rings (SSSR count). The Morgan fingerprint density at radius 1 is 1.44 bits per heavy atom. The highest BCUT2D eigenvalue weighted by molar-refractivity contribution is 6.34. The molecule has 1 aromatic carbocycles.